The molecule has 1 N–H and O–H groups in total. The van der Waals surface area contributed by atoms with Crippen LogP contribution in [-0.2, 0) is 0 Å². The summed E-state index contributed by atoms with van der Waals surface area (Å²) in [5.74, 6) is 2.31. The zero-order valence-electron chi connectivity index (χ0n) is 14.3. The standard InChI is InChI=1S/C19H24N4O/c1-13-18(14-6-8-23(13)9-7-14)22-19-20-11-16(12-21-19)15-4-3-5-17(10-15)24-2/h3-5,10-14,18H,6-9H2,1-2H3,(H,20,21,22). The first-order chi connectivity index (χ1) is 11.7. The number of hydrogen-bond acceptors (Lipinski definition) is 5. The molecule has 3 aliphatic heterocycles. The van der Waals surface area contributed by atoms with Crippen molar-refractivity contribution in [1.82, 2.24) is 14.9 Å². The van der Waals surface area contributed by atoms with Crippen molar-refractivity contribution in [3.05, 3.63) is 36.7 Å². The second kappa shape index (κ2) is 6.40. The number of fused-ring (bicyclic) bond motifs is 3. The van der Waals surface area contributed by atoms with Crippen LogP contribution >= 0.6 is 0 Å². The van der Waals surface area contributed by atoms with E-state index in [9.17, 15) is 0 Å². The predicted molar refractivity (Wildman–Crippen MR) is 95.2 cm³/mol. The summed E-state index contributed by atoms with van der Waals surface area (Å²) in [6, 6.07) is 8.98. The van der Waals surface area contributed by atoms with Crippen molar-refractivity contribution in [2.75, 3.05) is 25.5 Å². The van der Waals surface area contributed by atoms with Crippen molar-refractivity contribution >= 4 is 5.95 Å². The van der Waals surface area contributed by atoms with Gasteiger partial charge < -0.3 is 10.1 Å². The van der Waals surface area contributed by atoms with Crippen LogP contribution in [0, 0.1) is 5.92 Å². The summed E-state index contributed by atoms with van der Waals surface area (Å²) in [6.07, 6.45) is 6.33. The lowest BCUT2D eigenvalue weighted by Crippen LogP contribution is -2.59. The van der Waals surface area contributed by atoms with Gasteiger partial charge in [-0.05, 0) is 56.5 Å². The third kappa shape index (κ3) is 2.84. The topological polar surface area (TPSA) is 50.3 Å². The maximum absolute atomic E-state index is 5.28. The fourth-order valence-corrected chi connectivity index (χ4v) is 4.05. The fourth-order valence-electron chi connectivity index (χ4n) is 4.05. The van der Waals surface area contributed by atoms with Gasteiger partial charge in [-0.1, -0.05) is 12.1 Å². The second-order valence-corrected chi connectivity index (χ2v) is 6.81. The maximum atomic E-state index is 5.28. The summed E-state index contributed by atoms with van der Waals surface area (Å²) in [6.45, 7) is 4.78. The van der Waals surface area contributed by atoms with Crippen LogP contribution in [0.2, 0.25) is 0 Å². The van der Waals surface area contributed by atoms with E-state index >= 15 is 0 Å². The molecule has 5 nitrogen and oxygen atoms in total. The van der Waals surface area contributed by atoms with Crippen LogP contribution in [-0.4, -0.2) is 47.2 Å². The Bertz CT molecular complexity index is 693. The number of aromatic nitrogens is 2. The Hall–Kier alpha value is -2.14. The highest BCUT2D eigenvalue weighted by Gasteiger charge is 2.39. The fraction of sp³-hybridized carbons (Fsp3) is 0.474. The normalized spacial score (nSPS) is 28.6. The van der Waals surface area contributed by atoms with E-state index in [0.29, 0.717) is 12.1 Å². The molecule has 3 saturated heterocycles. The average Bonchev–Trinajstić information content (AvgIpc) is 2.65. The number of nitrogens with zero attached hydrogens (tertiary/aromatic N) is 3. The molecule has 5 rings (SSSR count). The quantitative estimate of drug-likeness (QED) is 0.937. The molecule has 126 valence electrons. The lowest BCUT2D eigenvalue weighted by molar-refractivity contribution is 0.0455. The molecule has 3 aliphatic rings. The first-order valence-electron chi connectivity index (χ1n) is 8.71. The lowest BCUT2D eigenvalue weighted by Gasteiger charge is -2.49. The second-order valence-electron chi connectivity index (χ2n) is 6.81. The summed E-state index contributed by atoms with van der Waals surface area (Å²) in [5, 5.41) is 3.57. The van der Waals surface area contributed by atoms with E-state index in [1.165, 1.54) is 25.9 Å². The molecule has 0 amide bonds. The lowest BCUT2D eigenvalue weighted by atomic mass is 9.79. The van der Waals surface area contributed by atoms with Gasteiger partial charge in [0.2, 0.25) is 5.95 Å². The zero-order valence-corrected chi connectivity index (χ0v) is 14.3. The highest BCUT2D eigenvalue weighted by Crippen LogP contribution is 2.33. The molecule has 0 spiro atoms. The molecule has 2 unspecified atom stereocenters. The van der Waals surface area contributed by atoms with Gasteiger partial charge in [-0.15, -0.1) is 0 Å². The zero-order chi connectivity index (χ0) is 16.5. The molecule has 2 atom stereocenters. The summed E-state index contributed by atoms with van der Waals surface area (Å²) in [4.78, 5) is 11.7. The first kappa shape index (κ1) is 15.4. The van der Waals surface area contributed by atoms with Gasteiger partial charge in [0.1, 0.15) is 5.75 Å². The highest BCUT2D eigenvalue weighted by molar-refractivity contribution is 5.63. The number of piperidine rings is 3. The monoisotopic (exact) mass is 324 g/mol. The van der Waals surface area contributed by atoms with Gasteiger partial charge in [-0.25, -0.2) is 9.97 Å². The highest BCUT2D eigenvalue weighted by atomic mass is 16.5. The molecule has 1 aromatic carbocycles. The molecule has 0 aliphatic carbocycles. The van der Waals surface area contributed by atoms with Crippen molar-refractivity contribution < 1.29 is 4.74 Å². The van der Waals surface area contributed by atoms with E-state index < -0.39 is 0 Å². The van der Waals surface area contributed by atoms with Crippen molar-refractivity contribution in [2.24, 2.45) is 5.92 Å². The minimum absolute atomic E-state index is 0.454. The number of ether oxygens (including phenoxy) is 1. The Morgan fingerprint density at radius 2 is 1.88 bits per heavy atom. The predicted octanol–water partition coefficient (Wildman–Crippen LogP) is 3.05. The van der Waals surface area contributed by atoms with E-state index in [4.69, 9.17) is 4.74 Å². The SMILES string of the molecule is COc1cccc(-c2cnc(NC3C4CCN(CC4)C3C)nc2)c1. The van der Waals surface area contributed by atoms with Gasteiger partial charge in [-0.2, -0.15) is 0 Å². The van der Waals surface area contributed by atoms with Gasteiger partial charge in [0, 0.05) is 30.0 Å². The summed E-state index contributed by atoms with van der Waals surface area (Å²) >= 11 is 0. The van der Waals surface area contributed by atoms with E-state index in [1.807, 2.05) is 36.7 Å². The Labute approximate surface area is 143 Å². The van der Waals surface area contributed by atoms with E-state index in [2.05, 4.69) is 27.1 Å². The summed E-state index contributed by atoms with van der Waals surface area (Å²) in [5.41, 5.74) is 2.07. The first-order valence-corrected chi connectivity index (χ1v) is 8.71. The Morgan fingerprint density at radius 3 is 2.54 bits per heavy atom. The molecule has 2 bridgehead atoms. The van der Waals surface area contributed by atoms with E-state index in [1.54, 1.807) is 7.11 Å². The Morgan fingerprint density at radius 1 is 1.12 bits per heavy atom. The van der Waals surface area contributed by atoms with Gasteiger partial charge in [0.25, 0.3) is 0 Å². The molecular weight excluding hydrogens is 300 g/mol. The van der Waals surface area contributed by atoms with Crippen molar-refractivity contribution in [1.29, 1.82) is 0 Å². The molecule has 2 aromatic rings. The molecule has 24 heavy (non-hydrogen) atoms. The van der Waals surface area contributed by atoms with E-state index in [-0.39, 0.29) is 0 Å². The van der Waals surface area contributed by atoms with Crippen LogP contribution in [0.1, 0.15) is 19.8 Å². The smallest absolute Gasteiger partial charge is 0.222 e. The summed E-state index contributed by atoms with van der Waals surface area (Å²) < 4.78 is 5.28. The van der Waals surface area contributed by atoms with Crippen LogP contribution in [0.4, 0.5) is 5.95 Å². The molecule has 5 heteroatoms. The molecular formula is C19H24N4O. The molecule has 4 heterocycles. The van der Waals surface area contributed by atoms with Crippen LogP contribution in [0.15, 0.2) is 36.7 Å². The third-order valence-corrected chi connectivity index (χ3v) is 5.53. The largest absolute Gasteiger partial charge is 0.497 e. The number of anilines is 1. The molecule has 0 saturated carbocycles. The average molecular weight is 324 g/mol. The van der Waals surface area contributed by atoms with Gasteiger partial charge in [0.05, 0.1) is 7.11 Å². The molecule has 3 fully saturated rings. The number of benzene rings is 1. The number of hydrogen-bond donors (Lipinski definition) is 1. The minimum atomic E-state index is 0.454. The maximum Gasteiger partial charge on any atom is 0.222 e. The van der Waals surface area contributed by atoms with Gasteiger partial charge in [0.15, 0.2) is 0 Å². The van der Waals surface area contributed by atoms with Crippen LogP contribution in [0.3, 0.4) is 0 Å². The van der Waals surface area contributed by atoms with Crippen LogP contribution in [0.5, 0.6) is 5.75 Å². The number of methoxy groups -OCH3 is 1. The third-order valence-electron chi connectivity index (χ3n) is 5.53. The molecule has 1 aromatic heterocycles. The minimum Gasteiger partial charge on any atom is -0.497 e. The van der Waals surface area contributed by atoms with Crippen molar-refractivity contribution in [3.63, 3.8) is 0 Å². The Kier molecular flexibility index (Phi) is 4.10. The number of nitrogens with one attached hydrogen (secondary N) is 1. The molecule has 0 radical (unpaired) electrons. The van der Waals surface area contributed by atoms with Crippen molar-refractivity contribution in [2.45, 2.75) is 31.8 Å². The Balaban J connectivity index is 1.50. The van der Waals surface area contributed by atoms with Gasteiger partial charge >= 0.3 is 0 Å². The van der Waals surface area contributed by atoms with E-state index in [0.717, 1.165) is 28.7 Å². The van der Waals surface area contributed by atoms with Gasteiger partial charge in [-0.3, -0.25) is 4.90 Å². The number of rotatable bonds is 4. The van der Waals surface area contributed by atoms with Crippen molar-refractivity contribution in [3.8, 4) is 16.9 Å². The van der Waals surface area contributed by atoms with Crippen LogP contribution < -0.4 is 10.1 Å². The summed E-state index contributed by atoms with van der Waals surface area (Å²) in [7, 11) is 1.68. The van der Waals surface area contributed by atoms with Crippen LogP contribution in [0.25, 0.3) is 11.1 Å².